The largest absolute Gasteiger partial charge is 0.328 e. The van der Waals surface area contributed by atoms with Crippen LogP contribution >= 0.6 is 0 Å². The first-order chi connectivity index (χ1) is 13.7. The summed E-state index contributed by atoms with van der Waals surface area (Å²) in [4.78, 5) is 25.9. The minimum Gasteiger partial charge on any atom is -0.318 e. The van der Waals surface area contributed by atoms with Gasteiger partial charge in [-0.3, -0.25) is 14.6 Å². The van der Waals surface area contributed by atoms with Crippen LogP contribution in [-0.4, -0.2) is 65.7 Å². The van der Waals surface area contributed by atoms with Crippen LogP contribution in [0.3, 0.4) is 0 Å². The Morgan fingerprint density at radius 2 is 2.14 bits per heavy atom. The average molecular weight is 418 g/mol. The van der Waals surface area contributed by atoms with E-state index in [-0.39, 0.29) is 25.5 Å². The lowest BCUT2D eigenvalue weighted by molar-refractivity contribution is -0.131. The number of amides is 2. The maximum atomic E-state index is 12.6. The molecule has 0 aliphatic carbocycles. The molecule has 0 unspecified atom stereocenters. The minimum atomic E-state index is -3.81. The third kappa shape index (κ3) is 4.15. The van der Waals surface area contributed by atoms with Gasteiger partial charge in [-0.05, 0) is 31.3 Å². The summed E-state index contributed by atoms with van der Waals surface area (Å²) in [5.74, 6) is 10.9. The summed E-state index contributed by atoms with van der Waals surface area (Å²) in [6.07, 6.45) is 2.40. The van der Waals surface area contributed by atoms with E-state index in [1.54, 1.807) is 12.3 Å². The van der Waals surface area contributed by atoms with Crippen molar-refractivity contribution in [3.8, 4) is 23.7 Å². The van der Waals surface area contributed by atoms with Crippen molar-refractivity contribution in [3.63, 3.8) is 0 Å². The van der Waals surface area contributed by atoms with Crippen molar-refractivity contribution in [1.82, 2.24) is 20.3 Å². The molecule has 1 fully saturated rings. The average Bonchev–Trinajstić information content (AvgIpc) is 3.15. The Bertz CT molecular complexity index is 1070. The van der Waals surface area contributed by atoms with Gasteiger partial charge in [0.15, 0.2) is 14.6 Å². The molecule has 1 saturated heterocycles. The number of rotatable bonds is 5. The Morgan fingerprint density at radius 1 is 1.41 bits per heavy atom. The number of nitrogens with one attached hydrogen (secondary N) is 2. The number of carbonyl (C=O) groups is 2. The number of fused-ring (bicyclic) bond motifs is 1. The highest BCUT2D eigenvalue weighted by atomic mass is 32.2. The fraction of sp³-hybridized carbons (Fsp3) is 0.474. The number of hydroxylamine groups is 1. The molecule has 0 spiro atoms. The molecule has 3 N–H and O–H groups in total. The normalized spacial score (nSPS) is 17.9. The first-order valence-electron chi connectivity index (χ1n) is 9.02. The highest BCUT2D eigenvalue weighted by Gasteiger charge is 2.44. The predicted octanol–water partition coefficient (Wildman–Crippen LogP) is -0.455. The molecule has 0 bridgehead atoms. The summed E-state index contributed by atoms with van der Waals surface area (Å²) in [5.41, 5.74) is 2.80. The lowest BCUT2D eigenvalue weighted by atomic mass is 10.1. The zero-order valence-electron chi connectivity index (χ0n) is 16.2. The number of carbonyl (C=O) groups excluding carboxylic acids is 2. The van der Waals surface area contributed by atoms with Gasteiger partial charge in [-0.15, -0.1) is 0 Å². The Balaban J connectivity index is 1.65. The molecule has 3 heterocycles. The topological polar surface area (TPSA) is 121 Å². The van der Waals surface area contributed by atoms with Gasteiger partial charge in [-0.1, -0.05) is 11.8 Å². The standard InChI is InChI=1S/C19H22N4O5S/c1-19(17(24)21-26,29(2,27)28)7-8-22-13-16-9-14(12-23(16)18(22)25)5-3-4-6-15-10-20-11-15/h9,12,15,20,26H,7-8,10-11,13H2,1-2H3,(H,21,24)/t19-/m1/s1. The number of hydrogen-bond donors (Lipinski definition) is 3. The van der Waals surface area contributed by atoms with Gasteiger partial charge < -0.3 is 10.2 Å². The number of hydrogen-bond acceptors (Lipinski definition) is 6. The summed E-state index contributed by atoms with van der Waals surface area (Å²) in [5, 5.41) is 12.0. The Morgan fingerprint density at radius 3 is 2.69 bits per heavy atom. The SMILES string of the molecule is C[C@@](CCN1Cc2cc(C#CC#CC3CNC3)cn2C1=O)(C(=O)NO)S(C)(=O)=O. The number of aromatic nitrogens is 1. The van der Waals surface area contributed by atoms with E-state index in [1.165, 1.54) is 21.9 Å². The van der Waals surface area contributed by atoms with Crippen LogP contribution in [0.15, 0.2) is 12.3 Å². The summed E-state index contributed by atoms with van der Waals surface area (Å²) >= 11 is 0. The van der Waals surface area contributed by atoms with Gasteiger partial charge in [0.25, 0.3) is 5.91 Å². The van der Waals surface area contributed by atoms with E-state index >= 15 is 0 Å². The molecule has 10 heteroatoms. The molecule has 1 aromatic rings. The zero-order valence-corrected chi connectivity index (χ0v) is 17.0. The third-order valence-electron chi connectivity index (χ3n) is 5.32. The fourth-order valence-corrected chi connectivity index (χ4v) is 3.88. The summed E-state index contributed by atoms with van der Waals surface area (Å²) < 4.78 is 23.7. The minimum absolute atomic E-state index is 0.0411. The second kappa shape index (κ2) is 7.91. The molecule has 1 atom stereocenters. The van der Waals surface area contributed by atoms with Crippen molar-refractivity contribution in [3.05, 3.63) is 23.5 Å². The molecular weight excluding hydrogens is 396 g/mol. The van der Waals surface area contributed by atoms with Crippen molar-refractivity contribution in [2.24, 2.45) is 5.92 Å². The molecule has 0 saturated carbocycles. The first kappa shape index (κ1) is 20.9. The summed E-state index contributed by atoms with van der Waals surface area (Å²) in [7, 11) is -3.81. The summed E-state index contributed by atoms with van der Waals surface area (Å²) in [6.45, 7) is 3.32. The van der Waals surface area contributed by atoms with Gasteiger partial charge in [0.2, 0.25) is 0 Å². The van der Waals surface area contributed by atoms with E-state index in [1.807, 2.05) is 0 Å². The number of nitrogens with zero attached hydrogens (tertiary/aromatic N) is 2. The second-order valence-electron chi connectivity index (χ2n) is 7.36. The van der Waals surface area contributed by atoms with Gasteiger partial charge in [0.1, 0.15) is 0 Å². The van der Waals surface area contributed by atoms with Crippen LogP contribution in [0.5, 0.6) is 0 Å². The van der Waals surface area contributed by atoms with Crippen molar-refractivity contribution < 1.29 is 23.2 Å². The van der Waals surface area contributed by atoms with E-state index in [2.05, 4.69) is 29.0 Å². The monoisotopic (exact) mass is 418 g/mol. The zero-order chi connectivity index (χ0) is 21.2. The predicted molar refractivity (Wildman–Crippen MR) is 104 cm³/mol. The lowest BCUT2D eigenvalue weighted by Crippen LogP contribution is -2.50. The van der Waals surface area contributed by atoms with Crippen LogP contribution in [0.2, 0.25) is 0 Å². The van der Waals surface area contributed by atoms with Crippen LogP contribution in [0.25, 0.3) is 0 Å². The van der Waals surface area contributed by atoms with E-state index in [0.29, 0.717) is 11.5 Å². The van der Waals surface area contributed by atoms with Crippen molar-refractivity contribution in [2.45, 2.75) is 24.6 Å². The molecule has 0 aromatic carbocycles. The Kier molecular flexibility index (Phi) is 5.71. The van der Waals surface area contributed by atoms with Gasteiger partial charge in [0, 0.05) is 49.3 Å². The van der Waals surface area contributed by atoms with E-state index < -0.39 is 20.5 Å². The smallest absolute Gasteiger partial charge is 0.318 e. The Labute approximate surface area is 169 Å². The molecule has 1 aromatic heterocycles. The van der Waals surface area contributed by atoms with Crippen LogP contribution in [0, 0.1) is 29.6 Å². The molecule has 9 nitrogen and oxygen atoms in total. The maximum Gasteiger partial charge on any atom is 0.328 e. The fourth-order valence-electron chi connectivity index (χ4n) is 3.03. The lowest BCUT2D eigenvalue weighted by Gasteiger charge is -2.27. The van der Waals surface area contributed by atoms with Gasteiger partial charge >= 0.3 is 6.03 Å². The molecular formula is C19H22N4O5S. The van der Waals surface area contributed by atoms with Crippen LogP contribution in [0.1, 0.15) is 24.6 Å². The first-order valence-corrected chi connectivity index (χ1v) is 10.9. The molecule has 0 radical (unpaired) electrons. The third-order valence-corrected chi connectivity index (χ3v) is 7.34. The highest BCUT2D eigenvalue weighted by Crippen LogP contribution is 2.25. The number of sulfone groups is 1. The van der Waals surface area contributed by atoms with Crippen molar-refractivity contribution in [1.29, 1.82) is 0 Å². The quantitative estimate of drug-likeness (QED) is 0.338. The molecule has 3 rings (SSSR count). The van der Waals surface area contributed by atoms with Crippen LogP contribution in [0.4, 0.5) is 4.79 Å². The van der Waals surface area contributed by atoms with Crippen molar-refractivity contribution in [2.75, 3.05) is 25.9 Å². The molecule has 2 aliphatic heterocycles. The molecule has 29 heavy (non-hydrogen) atoms. The van der Waals surface area contributed by atoms with E-state index in [4.69, 9.17) is 5.21 Å². The van der Waals surface area contributed by atoms with E-state index in [0.717, 1.165) is 25.0 Å². The summed E-state index contributed by atoms with van der Waals surface area (Å²) in [6, 6.07) is 1.47. The molecule has 2 aliphatic rings. The van der Waals surface area contributed by atoms with Gasteiger partial charge in [-0.25, -0.2) is 18.7 Å². The molecule has 2 amide bonds. The van der Waals surface area contributed by atoms with Gasteiger partial charge in [-0.2, -0.15) is 0 Å². The van der Waals surface area contributed by atoms with Crippen LogP contribution in [-0.2, 0) is 21.2 Å². The molecule has 154 valence electrons. The Hall–Kier alpha value is -2.79. The highest BCUT2D eigenvalue weighted by molar-refractivity contribution is 7.92. The van der Waals surface area contributed by atoms with Crippen LogP contribution < -0.4 is 10.8 Å². The van der Waals surface area contributed by atoms with Gasteiger partial charge in [0.05, 0.1) is 6.54 Å². The maximum absolute atomic E-state index is 12.6. The van der Waals surface area contributed by atoms with Crippen molar-refractivity contribution >= 4 is 21.8 Å². The van der Waals surface area contributed by atoms with E-state index in [9.17, 15) is 18.0 Å². The second-order valence-corrected chi connectivity index (χ2v) is 9.81.